The van der Waals surface area contributed by atoms with Gasteiger partial charge in [-0.25, -0.2) is 0 Å². The van der Waals surface area contributed by atoms with Crippen molar-refractivity contribution in [3.8, 4) is 0 Å². The van der Waals surface area contributed by atoms with Gasteiger partial charge in [0.05, 0.1) is 0 Å². The minimum absolute atomic E-state index is 0.434. The van der Waals surface area contributed by atoms with Gasteiger partial charge in [-0.3, -0.25) is 0 Å². The number of nitrogens with zero attached hydrogens (tertiary/aromatic N) is 1. The van der Waals surface area contributed by atoms with Gasteiger partial charge in [0.15, 0.2) is 0 Å². The average molecular weight is 216 g/mol. The summed E-state index contributed by atoms with van der Waals surface area (Å²) < 4.78 is 0. The molecule has 1 aliphatic heterocycles. The third-order valence-electron chi connectivity index (χ3n) is 2.77. The summed E-state index contributed by atoms with van der Waals surface area (Å²) in [7, 11) is 2.20. The molecule has 1 unspecified atom stereocenters. The van der Waals surface area contributed by atoms with Crippen LogP contribution in [0, 0.1) is 0 Å². The van der Waals surface area contributed by atoms with Crippen LogP contribution in [0.3, 0.4) is 0 Å². The van der Waals surface area contributed by atoms with E-state index >= 15 is 0 Å². The molecule has 2 nitrogen and oxygen atoms in total. The third kappa shape index (κ3) is 6.16. The van der Waals surface area contributed by atoms with Gasteiger partial charge in [0.25, 0.3) is 0 Å². The molecule has 0 aromatic rings. The van der Waals surface area contributed by atoms with Crippen molar-refractivity contribution in [2.45, 2.75) is 59.9 Å². The van der Waals surface area contributed by atoms with Gasteiger partial charge in [-0.05, 0) is 33.0 Å². The van der Waals surface area contributed by atoms with E-state index in [1.165, 1.54) is 25.9 Å². The molecule has 0 radical (unpaired) electrons. The molecule has 1 fully saturated rings. The first-order valence-electron chi connectivity index (χ1n) is 6.66. The summed E-state index contributed by atoms with van der Waals surface area (Å²) in [5.74, 6) is 0. The van der Waals surface area contributed by atoms with E-state index in [1.807, 2.05) is 27.7 Å². The van der Waals surface area contributed by atoms with E-state index in [-0.39, 0.29) is 0 Å². The maximum absolute atomic E-state index is 3.60. The van der Waals surface area contributed by atoms with Gasteiger partial charge < -0.3 is 10.2 Å². The Balaban J connectivity index is 0. The van der Waals surface area contributed by atoms with Crippen molar-refractivity contribution in [1.29, 1.82) is 0 Å². The lowest BCUT2D eigenvalue weighted by atomic mass is 9.95. The van der Waals surface area contributed by atoms with E-state index in [0.717, 1.165) is 6.54 Å². The molecule has 1 rings (SSSR count). The Labute approximate surface area is 97.4 Å². The quantitative estimate of drug-likeness (QED) is 0.780. The highest BCUT2D eigenvalue weighted by Crippen LogP contribution is 2.22. The second-order valence-corrected chi connectivity index (χ2v) is 3.65. The van der Waals surface area contributed by atoms with Crippen LogP contribution in [0.5, 0.6) is 0 Å². The van der Waals surface area contributed by atoms with Crippen molar-refractivity contribution in [2.24, 2.45) is 0 Å². The van der Waals surface area contributed by atoms with Gasteiger partial charge in [0, 0.05) is 12.1 Å². The summed E-state index contributed by atoms with van der Waals surface area (Å²) in [6.45, 7) is 16.0. The van der Waals surface area contributed by atoms with E-state index in [4.69, 9.17) is 0 Å². The molecule has 1 saturated heterocycles. The van der Waals surface area contributed by atoms with Crippen LogP contribution >= 0.6 is 0 Å². The molecule has 0 aromatic heterocycles. The third-order valence-corrected chi connectivity index (χ3v) is 2.77. The summed E-state index contributed by atoms with van der Waals surface area (Å²) in [5.41, 5.74) is 0.434. The van der Waals surface area contributed by atoms with Gasteiger partial charge in [-0.2, -0.15) is 0 Å². The van der Waals surface area contributed by atoms with Crippen molar-refractivity contribution in [2.75, 3.05) is 26.7 Å². The minimum Gasteiger partial charge on any atom is -0.310 e. The molecule has 1 heterocycles. The highest BCUT2D eigenvalue weighted by atomic mass is 15.2. The predicted octanol–water partition coefficient (Wildman–Crippen LogP) is 3.13. The van der Waals surface area contributed by atoms with Crippen LogP contribution in [0.15, 0.2) is 0 Å². The van der Waals surface area contributed by atoms with Crippen LogP contribution in [0.4, 0.5) is 0 Å². The van der Waals surface area contributed by atoms with Gasteiger partial charge >= 0.3 is 0 Å². The Kier molecular flexibility index (Phi) is 12.1. The summed E-state index contributed by atoms with van der Waals surface area (Å²) in [4.78, 5) is 2.41. The zero-order valence-corrected chi connectivity index (χ0v) is 12.0. The molecule has 0 aliphatic carbocycles. The standard InChI is InChI=1S/C9H20N2.2C2H6/c1-4-9(10-5-2)6-7-11(3)8-9;2*1-2/h10H,4-8H2,1-3H3;2*1-2H3. The lowest BCUT2D eigenvalue weighted by Gasteiger charge is -2.28. The topological polar surface area (TPSA) is 15.3 Å². The number of nitrogens with one attached hydrogen (secondary N) is 1. The Morgan fingerprint density at radius 1 is 1.13 bits per heavy atom. The zero-order valence-electron chi connectivity index (χ0n) is 12.0. The van der Waals surface area contributed by atoms with Gasteiger partial charge in [-0.1, -0.05) is 41.5 Å². The summed E-state index contributed by atoms with van der Waals surface area (Å²) in [6, 6.07) is 0. The smallest absolute Gasteiger partial charge is 0.0318 e. The summed E-state index contributed by atoms with van der Waals surface area (Å²) in [5, 5.41) is 3.60. The maximum Gasteiger partial charge on any atom is 0.0318 e. The fourth-order valence-corrected chi connectivity index (χ4v) is 2.01. The fourth-order valence-electron chi connectivity index (χ4n) is 2.01. The van der Waals surface area contributed by atoms with Crippen molar-refractivity contribution in [1.82, 2.24) is 10.2 Å². The molecule has 0 bridgehead atoms. The lowest BCUT2D eigenvalue weighted by molar-refractivity contribution is 0.307. The highest BCUT2D eigenvalue weighted by Gasteiger charge is 2.33. The van der Waals surface area contributed by atoms with Gasteiger partial charge in [0.1, 0.15) is 0 Å². The van der Waals surface area contributed by atoms with Crippen molar-refractivity contribution >= 4 is 0 Å². The minimum atomic E-state index is 0.434. The maximum atomic E-state index is 3.60. The molecule has 0 aromatic carbocycles. The molecule has 15 heavy (non-hydrogen) atoms. The van der Waals surface area contributed by atoms with E-state index in [1.54, 1.807) is 0 Å². The molecule has 94 valence electrons. The van der Waals surface area contributed by atoms with E-state index < -0.39 is 0 Å². The SMILES string of the molecule is CC.CC.CCNC1(CC)CCN(C)C1. The molecule has 0 spiro atoms. The van der Waals surface area contributed by atoms with Crippen LogP contribution in [0.25, 0.3) is 0 Å². The predicted molar refractivity (Wildman–Crippen MR) is 71.5 cm³/mol. The monoisotopic (exact) mass is 216 g/mol. The Hall–Kier alpha value is -0.0800. The number of likely N-dealkylation sites (tertiary alicyclic amines) is 1. The first-order chi connectivity index (χ1) is 7.22. The molecule has 1 atom stereocenters. The molecular formula is C13H32N2. The zero-order chi connectivity index (χ0) is 12.3. The van der Waals surface area contributed by atoms with Crippen LogP contribution in [0.2, 0.25) is 0 Å². The molecule has 2 heteroatoms. The van der Waals surface area contributed by atoms with Crippen LogP contribution in [-0.4, -0.2) is 37.1 Å². The summed E-state index contributed by atoms with van der Waals surface area (Å²) >= 11 is 0. The van der Waals surface area contributed by atoms with Crippen molar-refractivity contribution < 1.29 is 0 Å². The first-order valence-corrected chi connectivity index (χ1v) is 6.66. The molecule has 0 amide bonds. The molecular weight excluding hydrogens is 184 g/mol. The lowest BCUT2D eigenvalue weighted by Crippen LogP contribution is -2.46. The van der Waals surface area contributed by atoms with E-state index in [9.17, 15) is 0 Å². The van der Waals surface area contributed by atoms with Crippen molar-refractivity contribution in [3.63, 3.8) is 0 Å². The Morgan fingerprint density at radius 3 is 1.93 bits per heavy atom. The number of likely N-dealkylation sites (N-methyl/N-ethyl adjacent to an activating group) is 2. The van der Waals surface area contributed by atoms with Gasteiger partial charge in [-0.15, -0.1) is 0 Å². The van der Waals surface area contributed by atoms with Crippen molar-refractivity contribution in [3.05, 3.63) is 0 Å². The molecule has 1 aliphatic rings. The normalized spacial score (nSPS) is 25.0. The number of hydrogen-bond acceptors (Lipinski definition) is 2. The number of hydrogen-bond donors (Lipinski definition) is 1. The van der Waals surface area contributed by atoms with Crippen LogP contribution in [0.1, 0.15) is 54.4 Å². The number of rotatable bonds is 3. The molecule has 0 saturated carbocycles. The fraction of sp³-hybridized carbons (Fsp3) is 1.00. The highest BCUT2D eigenvalue weighted by molar-refractivity contribution is 4.94. The van der Waals surface area contributed by atoms with E-state index in [2.05, 4.69) is 31.1 Å². The second-order valence-electron chi connectivity index (χ2n) is 3.65. The van der Waals surface area contributed by atoms with E-state index in [0.29, 0.717) is 5.54 Å². The largest absolute Gasteiger partial charge is 0.310 e. The first kappa shape index (κ1) is 17.3. The Morgan fingerprint density at radius 2 is 1.67 bits per heavy atom. The van der Waals surface area contributed by atoms with Gasteiger partial charge in [0.2, 0.25) is 0 Å². The van der Waals surface area contributed by atoms with Crippen LogP contribution < -0.4 is 5.32 Å². The van der Waals surface area contributed by atoms with Crippen LogP contribution in [-0.2, 0) is 0 Å². The summed E-state index contributed by atoms with van der Waals surface area (Å²) in [6.07, 6.45) is 2.57. The average Bonchev–Trinajstić information content (AvgIpc) is 2.67. The molecule has 1 N–H and O–H groups in total. The second kappa shape index (κ2) is 10.4. The Bertz CT molecular complexity index is 122.